The van der Waals surface area contributed by atoms with E-state index in [1.807, 2.05) is 50.0 Å². The lowest BCUT2D eigenvalue weighted by atomic mass is 9.85. The van der Waals surface area contributed by atoms with E-state index in [0.717, 1.165) is 43.7 Å². The third kappa shape index (κ3) is 4.08. The molecular weight excluding hydrogens is 340 g/mol. The summed E-state index contributed by atoms with van der Waals surface area (Å²) in [6.45, 7) is 7.11. The van der Waals surface area contributed by atoms with Crippen molar-refractivity contribution in [1.29, 1.82) is 0 Å². The van der Waals surface area contributed by atoms with Gasteiger partial charge in [-0.3, -0.25) is 19.1 Å². The number of hydrogen-bond donors (Lipinski definition) is 0. The summed E-state index contributed by atoms with van der Waals surface area (Å²) in [5.41, 5.74) is 2.85. The Balaban J connectivity index is 1.79. The second-order valence-electron chi connectivity index (χ2n) is 7.63. The highest BCUT2D eigenvalue weighted by atomic mass is 16.2. The summed E-state index contributed by atoms with van der Waals surface area (Å²) in [4.78, 5) is 17.4. The Morgan fingerprint density at radius 1 is 1.26 bits per heavy atom. The van der Waals surface area contributed by atoms with Gasteiger partial charge in [0.05, 0.1) is 17.5 Å². The fourth-order valence-corrected chi connectivity index (χ4v) is 4.39. The maximum atomic E-state index is 13.1. The predicted octanol–water partition coefficient (Wildman–Crippen LogP) is 2.26. The van der Waals surface area contributed by atoms with E-state index in [9.17, 15) is 4.79 Å². The van der Waals surface area contributed by atoms with Crippen molar-refractivity contribution in [2.75, 3.05) is 26.7 Å². The van der Waals surface area contributed by atoms with Gasteiger partial charge in [0.25, 0.3) is 5.91 Å². The highest BCUT2D eigenvalue weighted by Gasteiger charge is 2.34. The van der Waals surface area contributed by atoms with E-state index in [1.54, 1.807) is 4.68 Å². The third-order valence-corrected chi connectivity index (χ3v) is 5.66. The fourth-order valence-electron chi connectivity index (χ4n) is 4.39. The van der Waals surface area contributed by atoms with Gasteiger partial charge < -0.3 is 4.90 Å². The average Bonchev–Trinajstić information content (AvgIpc) is 3.25. The lowest BCUT2D eigenvalue weighted by molar-refractivity contribution is 0.0588. The Hall–Kier alpha value is -2.15. The van der Waals surface area contributed by atoms with Gasteiger partial charge in [-0.05, 0) is 38.3 Å². The van der Waals surface area contributed by atoms with Gasteiger partial charge in [0.2, 0.25) is 0 Å². The van der Waals surface area contributed by atoms with Gasteiger partial charge >= 0.3 is 0 Å². The summed E-state index contributed by atoms with van der Waals surface area (Å²) in [5.74, 6) is 0.470. The lowest BCUT2D eigenvalue weighted by Crippen LogP contribution is -2.44. The standard InChI is InChI=1S/C20H32N6O/c1-6-18-17(14-25(5)22-18)20(27)23(3)12-15-9-8-10-26(7-2)19(15)16-11-21-24(4)13-16/h11,13-15,19H,6-10,12H2,1-5H3/t15-,19+/m0/s1. The van der Waals surface area contributed by atoms with E-state index >= 15 is 0 Å². The van der Waals surface area contributed by atoms with E-state index in [0.29, 0.717) is 12.0 Å². The van der Waals surface area contributed by atoms with E-state index in [2.05, 4.69) is 28.2 Å². The van der Waals surface area contributed by atoms with Crippen molar-refractivity contribution >= 4 is 5.91 Å². The number of aromatic nitrogens is 4. The summed E-state index contributed by atoms with van der Waals surface area (Å²) in [5, 5.41) is 8.80. The maximum Gasteiger partial charge on any atom is 0.257 e. The summed E-state index contributed by atoms with van der Waals surface area (Å²) >= 11 is 0. The fraction of sp³-hybridized carbons (Fsp3) is 0.650. The first-order valence-electron chi connectivity index (χ1n) is 9.95. The van der Waals surface area contributed by atoms with Crippen molar-refractivity contribution in [2.45, 2.75) is 39.2 Å². The SMILES string of the molecule is CCc1nn(C)cc1C(=O)N(C)C[C@@H]1CCCN(CC)[C@H]1c1cnn(C)c1. The van der Waals surface area contributed by atoms with Gasteiger partial charge in [0.15, 0.2) is 0 Å². The molecule has 0 saturated carbocycles. The van der Waals surface area contributed by atoms with Crippen LogP contribution in [0, 0.1) is 5.92 Å². The van der Waals surface area contributed by atoms with Gasteiger partial charge in [0.1, 0.15) is 0 Å². The maximum absolute atomic E-state index is 13.1. The van der Waals surface area contributed by atoms with Crippen LogP contribution in [0.5, 0.6) is 0 Å². The molecule has 2 aromatic heterocycles. The third-order valence-electron chi connectivity index (χ3n) is 5.66. The van der Waals surface area contributed by atoms with Gasteiger partial charge in [-0.2, -0.15) is 10.2 Å². The van der Waals surface area contributed by atoms with Crippen LogP contribution in [0.2, 0.25) is 0 Å². The van der Waals surface area contributed by atoms with Crippen molar-refractivity contribution in [3.63, 3.8) is 0 Å². The zero-order chi connectivity index (χ0) is 19.6. The minimum Gasteiger partial charge on any atom is -0.341 e. The molecule has 7 heteroatoms. The largest absolute Gasteiger partial charge is 0.341 e. The molecule has 1 saturated heterocycles. The number of piperidine rings is 1. The Morgan fingerprint density at radius 2 is 2.04 bits per heavy atom. The van der Waals surface area contributed by atoms with E-state index < -0.39 is 0 Å². The number of aryl methyl sites for hydroxylation is 3. The Labute approximate surface area is 161 Å². The number of likely N-dealkylation sites (tertiary alicyclic amines) is 1. The highest BCUT2D eigenvalue weighted by Crippen LogP contribution is 2.36. The molecule has 1 amide bonds. The van der Waals surface area contributed by atoms with Crippen molar-refractivity contribution < 1.29 is 4.79 Å². The van der Waals surface area contributed by atoms with Crippen LogP contribution in [0.25, 0.3) is 0 Å². The first-order chi connectivity index (χ1) is 12.9. The van der Waals surface area contributed by atoms with Crippen molar-refractivity contribution in [1.82, 2.24) is 29.4 Å². The smallest absolute Gasteiger partial charge is 0.257 e. The number of hydrogen-bond acceptors (Lipinski definition) is 4. The summed E-state index contributed by atoms with van der Waals surface area (Å²) in [6, 6.07) is 0.312. The predicted molar refractivity (Wildman–Crippen MR) is 105 cm³/mol. The summed E-state index contributed by atoms with van der Waals surface area (Å²) < 4.78 is 3.60. The molecular formula is C20H32N6O. The first-order valence-corrected chi connectivity index (χ1v) is 9.95. The molecule has 3 heterocycles. The number of rotatable bonds is 6. The van der Waals surface area contributed by atoms with Crippen molar-refractivity contribution in [3.8, 4) is 0 Å². The molecule has 7 nitrogen and oxygen atoms in total. The summed E-state index contributed by atoms with van der Waals surface area (Å²) in [7, 11) is 5.75. The molecule has 3 rings (SSSR count). The topological polar surface area (TPSA) is 59.2 Å². The minimum absolute atomic E-state index is 0.0681. The Kier molecular flexibility index (Phi) is 5.99. The van der Waals surface area contributed by atoms with Crippen LogP contribution in [0.15, 0.2) is 18.6 Å². The van der Waals surface area contributed by atoms with Crippen molar-refractivity contribution in [3.05, 3.63) is 35.4 Å². The molecule has 1 aliphatic rings. The van der Waals surface area contributed by atoms with Crippen LogP contribution in [-0.2, 0) is 20.5 Å². The van der Waals surface area contributed by atoms with E-state index in [-0.39, 0.29) is 5.91 Å². The molecule has 0 bridgehead atoms. The second-order valence-corrected chi connectivity index (χ2v) is 7.63. The Morgan fingerprint density at radius 3 is 2.67 bits per heavy atom. The normalized spacial score (nSPS) is 20.8. The molecule has 2 aromatic rings. The number of carbonyl (C=O) groups is 1. The quantitative estimate of drug-likeness (QED) is 0.780. The van der Waals surface area contributed by atoms with Crippen LogP contribution in [0.4, 0.5) is 0 Å². The van der Waals surface area contributed by atoms with Crippen LogP contribution in [0.3, 0.4) is 0 Å². The zero-order valence-electron chi connectivity index (χ0n) is 17.2. The molecule has 1 fully saturated rings. The molecule has 2 atom stereocenters. The minimum atomic E-state index is 0.0681. The summed E-state index contributed by atoms with van der Waals surface area (Å²) in [6.07, 6.45) is 9.00. The van der Waals surface area contributed by atoms with E-state index in [1.165, 1.54) is 12.0 Å². The van der Waals surface area contributed by atoms with Crippen molar-refractivity contribution in [2.24, 2.45) is 20.0 Å². The molecule has 0 spiro atoms. The molecule has 1 aliphatic heterocycles. The molecule has 0 aromatic carbocycles. The second kappa shape index (κ2) is 8.25. The average molecular weight is 373 g/mol. The number of amides is 1. The molecule has 148 valence electrons. The van der Waals surface area contributed by atoms with Gasteiger partial charge in [-0.1, -0.05) is 13.8 Å². The lowest BCUT2D eigenvalue weighted by Gasteiger charge is -2.42. The van der Waals surface area contributed by atoms with Crippen LogP contribution in [-0.4, -0.2) is 61.9 Å². The molecule has 0 aliphatic carbocycles. The van der Waals surface area contributed by atoms with Gasteiger partial charge in [0, 0.05) is 51.7 Å². The van der Waals surface area contributed by atoms with Gasteiger partial charge in [-0.25, -0.2) is 0 Å². The van der Waals surface area contributed by atoms with Crippen LogP contribution < -0.4 is 0 Å². The molecule has 27 heavy (non-hydrogen) atoms. The van der Waals surface area contributed by atoms with E-state index in [4.69, 9.17) is 0 Å². The molecule has 0 radical (unpaired) electrons. The zero-order valence-corrected chi connectivity index (χ0v) is 17.2. The molecule has 0 unspecified atom stereocenters. The van der Waals surface area contributed by atoms with Crippen LogP contribution >= 0.6 is 0 Å². The molecule has 0 N–H and O–H groups in total. The monoisotopic (exact) mass is 372 g/mol. The Bertz CT molecular complexity index is 779. The van der Waals surface area contributed by atoms with Gasteiger partial charge in [-0.15, -0.1) is 0 Å². The van der Waals surface area contributed by atoms with Crippen LogP contribution in [0.1, 0.15) is 54.3 Å². The first kappa shape index (κ1) is 19.6. The number of carbonyl (C=O) groups excluding carboxylic acids is 1. The number of nitrogens with zero attached hydrogens (tertiary/aromatic N) is 6. The highest BCUT2D eigenvalue weighted by molar-refractivity contribution is 5.95.